The predicted molar refractivity (Wildman–Crippen MR) is 80.2 cm³/mol. The van der Waals surface area contributed by atoms with Gasteiger partial charge in [0.2, 0.25) is 0 Å². The third kappa shape index (κ3) is 3.61. The Morgan fingerprint density at radius 3 is 2.33 bits per heavy atom. The number of likely N-dealkylation sites (N-methyl/N-ethyl adjacent to an activating group) is 1. The van der Waals surface area contributed by atoms with Gasteiger partial charge in [-0.3, -0.25) is 0 Å². The minimum atomic E-state index is -0.804. The molecule has 1 N–H and O–H groups in total. The molecule has 21 heavy (non-hydrogen) atoms. The van der Waals surface area contributed by atoms with Gasteiger partial charge in [0.1, 0.15) is 0 Å². The molecule has 0 saturated heterocycles. The summed E-state index contributed by atoms with van der Waals surface area (Å²) in [6, 6.07) is 4.06. The molecular weight excluding hydrogens is 272 g/mol. The lowest BCUT2D eigenvalue weighted by Gasteiger charge is -2.40. The highest BCUT2D eigenvalue weighted by molar-refractivity contribution is 5.24. The molecule has 0 amide bonds. The molecule has 0 spiro atoms. The van der Waals surface area contributed by atoms with Gasteiger partial charge in [0.15, 0.2) is 11.6 Å². The van der Waals surface area contributed by atoms with E-state index >= 15 is 0 Å². The van der Waals surface area contributed by atoms with Crippen molar-refractivity contribution in [1.29, 1.82) is 0 Å². The molecule has 1 aromatic rings. The summed E-state index contributed by atoms with van der Waals surface area (Å²) in [6.45, 7) is 2.78. The Morgan fingerprint density at radius 1 is 1.14 bits per heavy atom. The molecule has 2 nitrogen and oxygen atoms in total. The summed E-state index contributed by atoms with van der Waals surface area (Å²) in [5.74, 6) is -1.60. The maximum atomic E-state index is 13.6. The van der Waals surface area contributed by atoms with Crippen molar-refractivity contribution in [2.24, 2.45) is 0 Å². The van der Waals surface area contributed by atoms with E-state index in [1.54, 1.807) is 13.2 Å². The van der Waals surface area contributed by atoms with Gasteiger partial charge in [-0.1, -0.05) is 38.7 Å². The fraction of sp³-hybridized carbons (Fsp3) is 0.647. The smallest absolute Gasteiger partial charge is 0.159 e. The van der Waals surface area contributed by atoms with E-state index in [1.165, 1.54) is 25.0 Å². The number of ether oxygens (including phenoxy) is 1. The fourth-order valence-corrected chi connectivity index (χ4v) is 3.44. The summed E-state index contributed by atoms with van der Waals surface area (Å²) in [5, 5.41) is 3.42. The summed E-state index contributed by atoms with van der Waals surface area (Å²) in [5.41, 5.74) is 0.427. The Bertz CT molecular complexity index is 456. The molecule has 4 heteroatoms. The standard InChI is InChI=1S/C17H25F2NO/c1-3-20-16(13-8-9-14(18)15(19)12-13)17(21-2)10-6-4-5-7-11-17/h8-9,12,16,20H,3-7,10-11H2,1-2H3. The molecule has 118 valence electrons. The van der Waals surface area contributed by atoms with Crippen LogP contribution in [0.15, 0.2) is 18.2 Å². The Labute approximate surface area is 125 Å². The molecule has 2 rings (SSSR count). The number of hydrogen-bond donors (Lipinski definition) is 1. The number of halogens is 2. The van der Waals surface area contributed by atoms with Gasteiger partial charge in [0.05, 0.1) is 11.6 Å². The van der Waals surface area contributed by atoms with Gasteiger partial charge in [-0.2, -0.15) is 0 Å². The van der Waals surface area contributed by atoms with E-state index < -0.39 is 11.6 Å². The van der Waals surface area contributed by atoms with Crippen molar-refractivity contribution in [3.8, 4) is 0 Å². The number of rotatable bonds is 5. The van der Waals surface area contributed by atoms with Gasteiger partial charge in [-0.25, -0.2) is 8.78 Å². The number of methoxy groups -OCH3 is 1. The first-order valence-corrected chi connectivity index (χ1v) is 7.86. The number of benzene rings is 1. The van der Waals surface area contributed by atoms with E-state index in [2.05, 4.69) is 5.32 Å². The van der Waals surface area contributed by atoms with Crippen molar-refractivity contribution in [1.82, 2.24) is 5.32 Å². The van der Waals surface area contributed by atoms with Crippen LogP contribution in [-0.4, -0.2) is 19.3 Å². The lowest BCUT2D eigenvalue weighted by Crippen LogP contribution is -2.45. The molecule has 1 aliphatic rings. The molecule has 1 saturated carbocycles. The Kier molecular flexibility index (Phi) is 5.71. The predicted octanol–water partition coefficient (Wildman–Crippen LogP) is 4.35. The van der Waals surface area contributed by atoms with Gasteiger partial charge in [-0.15, -0.1) is 0 Å². The van der Waals surface area contributed by atoms with Crippen LogP contribution in [0.4, 0.5) is 8.78 Å². The Morgan fingerprint density at radius 2 is 1.81 bits per heavy atom. The number of hydrogen-bond acceptors (Lipinski definition) is 2. The maximum absolute atomic E-state index is 13.6. The molecule has 1 atom stereocenters. The van der Waals surface area contributed by atoms with Gasteiger partial charge in [-0.05, 0) is 37.1 Å². The summed E-state index contributed by atoms with van der Waals surface area (Å²) < 4.78 is 32.7. The van der Waals surface area contributed by atoms with E-state index in [-0.39, 0.29) is 11.6 Å². The Balaban J connectivity index is 2.36. The van der Waals surface area contributed by atoms with E-state index in [1.807, 2.05) is 6.92 Å². The minimum Gasteiger partial charge on any atom is -0.376 e. The van der Waals surface area contributed by atoms with Crippen molar-refractivity contribution in [2.45, 2.75) is 57.1 Å². The van der Waals surface area contributed by atoms with Crippen molar-refractivity contribution < 1.29 is 13.5 Å². The van der Waals surface area contributed by atoms with Crippen LogP contribution in [0.1, 0.15) is 57.1 Å². The van der Waals surface area contributed by atoms with Gasteiger partial charge in [0.25, 0.3) is 0 Å². The summed E-state index contributed by atoms with van der Waals surface area (Å²) >= 11 is 0. The van der Waals surface area contributed by atoms with Crippen LogP contribution in [0, 0.1) is 11.6 Å². The third-order valence-corrected chi connectivity index (χ3v) is 4.57. The zero-order chi connectivity index (χ0) is 15.3. The SMILES string of the molecule is CCNC(c1ccc(F)c(F)c1)C1(OC)CCCCCC1. The topological polar surface area (TPSA) is 21.3 Å². The first-order chi connectivity index (χ1) is 10.1. The molecule has 0 aromatic heterocycles. The molecule has 0 aliphatic heterocycles. The monoisotopic (exact) mass is 297 g/mol. The van der Waals surface area contributed by atoms with E-state index in [0.717, 1.165) is 37.8 Å². The average Bonchev–Trinajstić information content (AvgIpc) is 2.74. The highest BCUT2D eigenvalue weighted by Crippen LogP contribution is 2.40. The summed E-state index contributed by atoms with van der Waals surface area (Å²) in [6.07, 6.45) is 6.53. The molecule has 1 fully saturated rings. The Hall–Kier alpha value is -1.00. The molecule has 0 bridgehead atoms. The summed E-state index contributed by atoms with van der Waals surface area (Å²) in [4.78, 5) is 0. The first kappa shape index (κ1) is 16.4. The lowest BCUT2D eigenvalue weighted by molar-refractivity contribution is -0.0537. The second-order valence-corrected chi connectivity index (χ2v) is 5.85. The fourth-order valence-electron chi connectivity index (χ4n) is 3.44. The van der Waals surface area contributed by atoms with E-state index in [0.29, 0.717) is 0 Å². The third-order valence-electron chi connectivity index (χ3n) is 4.57. The average molecular weight is 297 g/mol. The molecule has 1 unspecified atom stereocenters. The quantitative estimate of drug-likeness (QED) is 0.816. The van der Waals surface area contributed by atoms with Gasteiger partial charge in [0, 0.05) is 7.11 Å². The van der Waals surface area contributed by atoms with E-state index in [9.17, 15) is 8.78 Å². The van der Waals surface area contributed by atoms with Crippen molar-refractivity contribution in [2.75, 3.05) is 13.7 Å². The van der Waals surface area contributed by atoms with Gasteiger partial charge < -0.3 is 10.1 Å². The van der Waals surface area contributed by atoms with E-state index in [4.69, 9.17) is 4.74 Å². The molecular formula is C17H25F2NO. The van der Waals surface area contributed by atoms with Crippen LogP contribution in [-0.2, 0) is 4.74 Å². The highest BCUT2D eigenvalue weighted by atomic mass is 19.2. The van der Waals surface area contributed by atoms with Crippen molar-refractivity contribution in [3.05, 3.63) is 35.4 Å². The number of nitrogens with one attached hydrogen (secondary N) is 1. The van der Waals surface area contributed by atoms with Crippen LogP contribution >= 0.6 is 0 Å². The zero-order valence-corrected chi connectivity index (χ0v) is 12.9. The molecule has 0 heterocycles. The summed E-state index contributed by atoms with van der Waals surface area (Å²) in [7, 11) is 1.73. The van der Waals surface area contributed by atoms with Gasteiger partial charge >= 0.3 is 0 Å². The van der Waals surface area contributed by atoms with Crippen molar-refractivity contribution >= 4 is 0 Å². The van der Waals surface area contributed by atoms with Crippen molar-refractivity contribution in [3.63, 3.8) is 0 Å². The highest BCUT2D eigenvalue weighted by Gasteiger charge is 2.39. The maximum Gasteiger partial charge on any atom is 0.159 e. The minimum absolute atomic E-state index is 0.110. The molecule has 1 aromatic carbocycles. The lowest BCUT2D eigenvalue weighted by atomic mass is 9.82. The van der Waals surface area contributed by atoms with Crippen LogP contribution in [0.25, 0.3) is 0 Å². The normalized spacial score (nSPS) is 20.0. The van der Waals surface area contributed by atoms with Crippen LogP contribution in [0.3, 0.4) is 0 Å². The molecule has 0 radical (unpaired) electrons. The second-order valence-electron chi connectivity index (χ2n) is 5.85. The van der Waals surface area contributed by atoms with Crippen LogP contribution in [0.5, 0.6) is 0 Å². The largest absolute Gasteiger partial charge is 0.376 e. The van der Waals surface area contributed by atoms with Crippen LogP contribution in [0.2, 0.25) is 0 Å². The molecule has 1 aliphatic carbocycles. The second kappa shape index (κ2) is 7.32. The first-order valence-electron chi connectivity index (χ1n) is 7.86. The van der Waals surface area contributed by atoms with Crippen LogP contribution < -0.4 is 5.32 Å². The zero-order valence-electron chi connectivity index (χ0n) is 12.9.